The van der Waals surface area contributed by atoms with Crippen molar-refractivity contribution in [2.24, 2.45) is 0 Å². The highest BCUT2D eigenvalue weighted by atomic mass is 32.1. The number of carbonyl (C=O) groups is 1. The first-order chi connectivity index (χ1) is 10.3. The third-order valence-electron chi connectivity index (χ3n) is 3.15. The van der Waals surface area contributed by atoms with Crippen molar-refractivity contribution >= 4 is 17.4 Å². The van der Waals surface area contributed by atoms with E-state index < -0.39 is 0 Å². The summed E-state index contributed by atoms with van der Waals surface area (Å²) in [6, 6.07) is 9.94. The van der Waals surface area contributed by atoms with Crippen molar-refractivity contribution in [2.45, 2.75) is 19.9 Å². The fourth-order valence-electron chi connectivity index (χ4n) is 2.00. The number of hydrogen-bond acceptors (Lipinski definition) is 5. The zero-order valence-corrected chi connectivity index (χ0v) is 13.1. The van der Waals surface area contributed by atoms with E-state index in [2.05, 4.69) is 9.59 Å². The number of rotatable bonds is 7. The van der Waals surface area contributed by atoms with E-state index in [0.717, 1.165) is 22.8 Å². The molecule has 0 fully saturated rings. The zero-order valence-electron chi connectivity index (χ0n) is 12.3. The number of methoxy groups -OCH3 is 1. The highest BCUT2D eigenvalue weighted by Gasteiger charge is 2.21. The number of aromatic nitrogens is 2. The molecule has 0 aliphatic carbocycles. The van der Waals surface area contributed by atoms with Gasteiger partial charge in [-0.15, -0.1) is 5.10 Å². The number of amides is 1. The summed E-state index contributed by atoms with van der Waals surface area (Å²) in [5, 5.41) is 4.02. The van der Waals surface area contributed by atoms with Gasteiger partial charge >= 0.3 is 0 Å². The lowest BCUT2D eigenvalue weighted by atomic mass is 10.2. The number of benzene rings is 1. The van der Waals surface area contributed by atoms with Crippen LogP contribution < -0.4 is 0 Å². The Bertz CT molecular complexity index is 571. The van der Waals surface area contributed by atoms with Crippen LogP contribution in [0.1, 0.15) is 27.9 Å². The van der Waals surface area contributed by atoms with E-state index >= 15 is 0 Å². The van der Waals surface area contributed by atoms with Crippen LogP contribution in [0.15, 0.2) is 30.3 Å². The number of nitrogens with zero attached hydrogens (tertiary/aromatic N) is 3. The van der Waals surface area contributed by atoms with Crippen molar-refractivity contribution < 1.29 is 9.53 Å². The molecule has 0 saturated carbocycles. The zero-order chi connectivity index (χ0) is 15.1. The van der Waals surface area contributed by atoms with Gasteiger partial charge in [0.05, 0.1) is 12.3 Å². The summed E-state index contributed by atoms with van der Waals surface area (Å²) in [6.07, 6.45) is 0.709. The minimum absolute atomic E-state index is 0.0252. The van der Waals surface area contributed by atoms with Gasteiger partial charge in [0.25, 0.3) is 5.91 Å². The van der Waals surface area contributed by atoms with E-state index in [1.807, 2.05) is 37.3 Å². The molecule has 1 aromatic heterocycles. The van der Waals surface area contributed by atoms with Crippen molar-refractivity contribution in [3.05, 3.63) is 46.5 Å². The average Bonchev–Trinajstić information content (AvgIpc) is 3.00. The third kappa shape index (κ3) is 4.09. The maximum Gasteiger partial charge on any atom is 0.267 e. The monoisotopic (exact) mass is 305 g/mol. The second-order valence-electron chi connectivity index (χ2n) is 4.61. The molecule has 1 amide bonds. The third-order valence-corrected chi connectivity index (χ3v) is 3.91. The van der Waals surface area contributed by atoms with Crippen LogP contribution in [0.3, 0.4) is 0 Å². The summed E-state index contributed by atoms with van der Waals surface area (Å²) >= 11 is 1.16. The highest BCUT2D eigenvalue weighted by Crippen LogP contribution is 2.16. The molecule has 1 heterocycles. The lowest BCUT2D eigenvalue weighted by Gasteiger charge is -2.22. The van der Waals surface area contributed by atoms with Crippen LogP contribution in [-0.2, 0) is 17.7 Å². The topological polar surface area (TPSA) is 55.3 Å². The fourth-order valence-corrected chi connectivity index (χ4v) is 2.72. The first kappa shape index (κ1) is 15.6. The normalized spacial score (nSPS) is 10.6. The van der Waals surface area contributed by atoms with Crippen molar-refractivity contribution in [3.63, 3.8) is 0 Å². The van der Waals surface area contributed by atoms with Crippen molar-refractivity contribution in [1.29, 1.82) is 0 Å². The van der Waals surface area contributed by atoms with Crippen LogP contribution in [0.5, 0.6) is 0 Å². The summed E-state index contributed by atoms with van der Waals surface area (Å²) < 4.78 is 9.01. The predicted octanol–water partition coefficient (Wildman–Crippen LogP) is 2.39. The molecule has 0 N–H and O–H groups in total. The van der Waals surface area contributed by atoms with Crippen molar-refractivity contribution in [2.75, 3.05) is 20.3 Å². The lowest BCUT2D eigenvalue weighted by molar-refractivity contribution is 0.0684. The quantitative estimate of drug-likeness (QED) is 0.788. The Morgan fingerprint density at radius 1 is 1.33 bits per heavy atom. The Morgan fingerprint density at radius 2 is 2.10 bits per heavy atom. The predicted molar refractivity (Wildman–Crippen MR) is 82.3 cm³/mol. The van der Waals surface area contributed by atoms with Gasteiger partial charge in [0.15, 0.2) is 0 Å². The molecule has 6 heteroatoms. The summed E-state index contributed by atoms with van der Waals surface area (Å²) in [5.41, 5.74) is 1.86. The van der Waals surface area contributed by atoms with Crippen LogP contribution in [0.4, 0.5) is 0 Å². The Kier molecular flexibility index (Phi) is 5.83. The molecule has 2 rings (SSSR count). The average molecular weight is 305 g/mol. The Balaban J connectivity index is 2.17. The van der Waals surface area contributed by atoms with E-state index in [1.165, 1.54) is 0 Å². The first-order valence-corrected chi connectivity index (χ1v) is 7.67. The van der Waals surface area contributed by atoms with E-state index in [9.17, 15) is 4.79 Å². The molecular weight excluding hydrogens is 286 g/mol. The van der Waals surface area contributed by atoms with E-state index in [0.29, 0.717) is 31.0 Å². The molecule has 112 valence electrons. The molecule has 0 unspecified atom stereocenters. The number of aryl methyl sites for hydroxylation is 1. The SMILES string of the molecule is CCc1nnsc1C(=O)N(CCOC)Cc1ccccc1. The van der Waals surface area contributed by atoms with Crippen LogP contribution >= 0.6 is 11.5 Å². The molecule has 5 nitrogen and oxygen atoms in total. The molecule has 0 atom stereocenters. The van der Waals surface area contributed by atoms with Gasteiger partial charge in [-0.2, -0.15) is 0 Å². The molecule has 0 aliphatic heterocycles. The molecule has 0 saturated heterocycles. The molecule has 0 aliphatic rings. The minimum Gasteiger partial charge on any atom is -0.383 e. The lowest BCUT2D eigenvalue weighted by Crippen LogP contribution is -2.33. The standard InChI is InChI=1S/C15H19N3O2S/c1-3-13-14(21-17-16-13)15(19)18(9-10-20-2)11-12-7-5-4-6-8-12/h4-8H,3,9-11H2,1-2H3. The van der Waals surface area contributed by atoms with E-state index in [4.69, 9.17) is 4.74 Å². The molecule has 1 aromatic carbocycles. The number of hydrogen-bond donors (Lipinski definition) is 0. The smallest absolute Gasteiger partial charge is 0.267 e. The van der Waals surface area contributed by atoms with Gasteiger partial charge in [0, 0.05) is 20.2 Å². The van der Waals surface area contributed by atoms with Crippen molar-refractivity contribution in [3.8, 4) is 0 Å². The molecule has 0 spiro atoms. The van der Waals surface area contributed by atoms with E-state index in [1.54, 1.807) is 12.0 Å². The summed E-state index contributed by atoms with van der Waals surface area (Å²) in [7, 11) is 1.64. The van der Waals surface area contributed by atoms with Gasteiger partial charge < -0.3 is 9.64 Å². The molecule has 21 heavy (non-hydrogen) atoms. The Labute approximate surface area is 128 Å². The fraction of sp³-hybridized carbons (Fsp3) is 0.400. The Hall–Kier alpha value is -1.79. The maximum atomic E-state index is 12.7. The van der Waals surface area contributed by atoms with Gasteiger partial charge in [-0.3, -0.25) is 4.79 Å². The van der Waals surface area contributed by atoms with E-state index in [-0.39, 0.29) is 5.91 Å². The van der Waals surface area contributed by atoms with Gasteiger partial charge in [0.2, 0.25) is 0 Å². The van der Waals surface area contributed by atoms with Crippen molar-refractivity contribution in [1.82, 2.24) is 14.5 Å². The number of ether oxygens (including phenoxy) is 1. The van der Waals surface area contributed by atoms with Crippen LogP contribution in [0.2, 0.25) is 0 Å². The summed E-state index contributed by atoms with van der Waals surface area (Å²) in [4.78, 5) is 15.1. The largest absolute Gasteiger partial charge is 0.383 e. The summed E-state index contributed by atoms with van der Waals surface area (Å²) in [5.74, 6) is -0.0252. The van der Waals surface area contributed by atoms with Gasteiger partial charge in [-0.05, 0) is 23.5 Å². The highest BCUT2D eigenvalue weighted by molar-refractivity contribution is 7.07. The maximum absolute atomic E-state index is 12.7. The molecular formula is C15H19N3O2S. The Morgan fingerprint density at radius 3 is 2.76 bits per heavy atom. The van der Waals surface area contributed by atoms with Gasteiger partial charge in [-0.25, -0.2) is 0 Å². The minimum atomic E-state index is -0.0252. The second kappa shape index (κ2) is 7.85. The molecule has 0 radical (unpaired) electrons. The first-order valence-electron chi connectivity index (χ1n) is 6.89. The summed E-state index contributed by atoms with van der Waals surface area (Å²) in [6.45, 7) is 3.59. The van der Waals surface area contributed by atoms with Crippen LogP contribution in [0.25, 0.3) is 0 Å². The van der Waals surface area contributed by atoms with Gasteiger partial charge in [-0.1, -0.05) is 41.7 Å². The van der Waals surface area contributed by atoms with Crippen LogP contribution in [0, 0.1) is 0 Å². The van der Waals surface area contributed by atoms with Crippen LogP contribution in [-0.4, -0.2) is 40.7 Å². The molecule has 0 bridgehead atoms. The second-order valence-corrected chi connectivity index (χ2v) is 5.36. The molecule has 2 aromatic rings. The number of carbonyl (C=O) groups excluding carboxylic acids is 1. The van der Waals surface area contributed by atoms with Gasteiger partial charge in [0.1, 0.15) is 4.88 Å².